The van der Waals surface area contributed by atoms with Crippen molar-refractivity contribution < 1.29 is 4.79 Å². The smallest absolute Gasteiger partial charge is 0.261 e. The monoisotopic (exact) mass is 335 g/mol. The fourth-order valence-corrected chi connectivity index (χ4v) is 3.15. The highest BCUT2D eigenvalue weighted by atomic mass is 32.1. The van der Waals surface area contributed by atoms with Crippen molar-refractivity contribution in [3.63, 3.8) is 0 Å². The second-order valence-corrected chi connectivity index (χ2v) is 6.18. The first kappa shape index (κ1) is 14.5. The van der Waals surface area contributed by atoms with Crippen molar-refractivity contribution in [3.05, 3.63) is 65.6 Å². The summed E-state index contributed by atoms with van der Waals surface area (Å²) >= 11 is 1.39. The van der Waals surface area contributed by atoms with Crippen LogP contribution in [0.4, 0.5) is 5.13 Å². The maximum Gasteiger partial charge on any atom is 0.261 e. The normalized spacial score (nSPS) is 10.9. The van der Waals surface area contributed by atoms with E-state index in [-0.39, 0.29) is 5.91 Å². The molecular formula is C17H13N5OS. The number of pyridine rings is 1. The maximum atomic E-state index is 12.7. The molecule has 4 aromatic rings. The molecule has 1 N–H and O–H groups in total. The van der Waals surface area contributed by atoms with Crippen LogP contribution < -0.4 is 5.32 Å². The Hall–Kier alpha value is -3.06. The van der Waals surface area contributed by atoms with Gasteiger partial charge in [-0.25, -0.2) is 4.98 Å². The van der Waals surface area contributed by atoms with Crippen LogP contribution in [0, 0.1) is 6.92 Å². The highest BCUT2D eigenvalue weighted by Gasteiger charge is 2.16. The molecule has 0 bridgehead atoms. The summed E-state index contributed by atoms with van der Waals surface area (Å²) < 4.78 is 1.75. The van der Waals surface area contributed by atoms with E-state index >= 15 is 0 Å². The molecule has 24 heavy (non-hydrogen) atoms. The number of aromatic nitrogens is 4. The Labute approximate surface area is 141 Å². The Morgan fingerprint density at radius 3 is 2.79 bits per heavy atom. The van der Waals surface area contributed by atoms with Crippen LogP contribution in [0.5, 0.6) is 0 Å². The van der Waals surface area contributed by atoms with E-state index in [1.807, 2.05) is 54.9 Å². The lowest BCUT2D eigenvalue weighted by molar-refractivity contribution is 0.102. The number of carbonyl (C=O) groups is 1. The first-order chi connectivity index (χ1) is 11.7. The number of thiazole rings is 1. The van der Waals surface area contributed by atoms with E-state index in [0.717, 1.165) is 16.8 Å². The molecule has 1 amide bonds. The Bertz CT molecular complexity index is 1020. The molecule has 0 saturated carbocycles. The lowest BCUT2D eigenvalue weighted by Crippen LogP contribution is -2.13. The Morgan fingerprint density at radius 2 is 2.04 bits per heavy atom. The maximum absolute atomic E-state index is 12.7. The number of rotatable bonds is 3. The minimum atomic E-state index is -0.250. The average Bonchev–Trinajstić information content (AvgIpc) is 3.23. The van der Waals surface area contributed by atoms with Crippen molar-refractivity contribution in [1.29, 1.82) is 0 Å². The Morgan fingerprint density at radius 1 is 1.21 bits per heavy atom. The van der Waals surface area contributed by atoms with Crippen molar-refractivity contribution in [2.24, 2.45) is 0 Å². The van der Waals surface area contributed by atoms with Crippen molar-refractivity contribution in [2.75, 3.05) is 5.32 Å². The van der Waals surface area contributed by atoms with Gasteiger partial charge >= 0.3 is 0 Å². The molecule has 0 saturated heterocycles. The second kappa shape index (κ2) is 5.86. The van der Waals surface area contributed by atoms with Gasteiger partial charge in [0.15, 0.2) is 10.8 Å². The lowest BCUT2D eigenvalue weighted by Gasteiger charge is -2.07. The number of amides is 1. The van der Waals surface area contributed by atoms with E-state index in [9.17, 15) is 4.79 Å². The molecule has 6 nitrogen and oxygen atoms in total. The van der Waals surface area contributed by atoms with Gasteiger partial charge in [-0.1, -0.05) is 30.3 Å². The SMILES string of the molecule is Cc1csc(NC(=O)c2cc(-c3ccccc3)cn3cnnc23)n1. The van der Waals surface area contributed by atoms with Crippen LogP contribution in [0.3, 0.4) is 0 Å². The third kappa shape index (κ3) is 2.65. The summed E-state index contributed by atoms with van der Waals surface area (Å²) in [5, 5.41) is 13.3. The van der Waals surface area contributed by atoms with Gasteiger partial charge < -0.3 is 0 Å². The molecular weight excluding hydrogens is 322 g/mol. The van der Waals surface area contributed by atoms with Crippen LogP contribution in [0.2, 0.25) is 0 Å². The van der Waals surface area contributed by atoms with Crippen LogP contribution in [-0.4, -0.2) is 25.5 Å². The predicted octanol–water partition coefficient (Wildman–Crippen LogP) is 3.41. The zero-order valence-corrected chi connectivity index (χ0v) is 13.6. The van der Waals surface area contributed by atoms with Crippen molar-refractivity contribution in [3.8, 4) is 11.1 Å². The number of hydrogen-bond acceptors (Lipinski definition) is 5. The second-order valence-electron chi connectivity index (χ2n) is 5.32. The van der Waals surface area contributed by atoms with E-state index in [2.05, 4.69) is 20.5 Å². The fourth-order valence-electron chi connectivity index (χ4n) is 2.47. The van der Waals surface area contributed by atoms with Crippen molar-refractivity contribution >= 4 is 28.0 Å². The summed E-state index contributed by atoms with van der Waals surface area (Å²) in [6.45, 7) is 1.89. The van der Waals surface area contributed by atoms with E-state index in [4.69, 9.17) is 0 Å². The number of nitrogens with one attached hydrogen (secondary N) is 1. The number of carbonyl (C=O) groups excluding carboxylic acids is 1. The minimum Gasteiger partial charge on any atom is -0.298 e. The van der Waals surface area contributed by atoms with Gasteiger partial charge in [0.25, 0.3) is 5.91 Å². The largest absolute Gasteiger partial charge is 0.298 e. The molecule has 3 aromatic heterocycles. The Kier molecular flexibility index (Phi) is 3.55. The summed E-state index contributed by atoms with van der Waals surface area (Å²) in [5.74, 6) is -0.250. The van der Waals surface area contributed by atoms with Gasteiger partial charge in [0.05, 0.1) is 11.3 Å². The third-order valence-electron chi connectivity index (χ3n) is 3.58. The molecule has 3 heterocycles. The van der Waals surface area contributed by atoms with E-state index in [0.29, 0.717) is 16.3 Å². The topological polar surface area (TPSA) is 72.2 Å². The molecule has 0 aliphatic heterocycles. The fraction of sp³-hybridized carbons (Fsp3) is 0.0588. The number of nitrogens with zero attached hydrogens (tertiary/aromatic N) is 4. The lowest BCUT2D eigenvalue weighted by atomic mass is 10.1. The third-order valence-corrected chi connectivity index (χ3v) is 4.46. The van der Waals surface area contributed by atoms with Gasteiger partial charge in [-0.3, -0.25) is 14.5 Å². The molecule has 118 valence electrons. The van der Waals surface area contributed by atoms with E-state index < -0.39 is 0 Å². The zero-order chi connectivity index (χ0) is 16.5. The average molecular weight is 335 g/mol. The molecule has 4 rings (SSSR count). The quantitative estimate of drug-likeness (QED) is 0.623. The van der Waals surface area contributed by atoms with Crippen molar-refractivity contribution in [2.45, 2.75) is 6.92 Å². The predicted molar refractivity (Wildman–Crippen MR) is 93.2 cm³/mol. The minimum absolute atomic E-state index is 0.250. The summed E-state index contributed by atoms with van der Waals surface area (Å²) in [6, 6.07) is 11.7. The van der Waals surface area contributed by atoms with Gasteiger partial charge in [-0.05, 0) is 24.1 Å². The van der Waals surface area contributed by atoms with Crippen LogP contribution in [0.1, 0.15) is 16.1 Å². The van der Waals surface area contributed by atoms with Gasteiger partial charge in [0, 0.05) is 11.6 Å². The van der Waals surface area contributed by atoms with E-state index in [1.165, 1.54) is 11.3 Å². The number of fused-ring (bicyclic) bond motifs is 1. The number of anilines is 1. The summed E-state index contributed by atoms with van der Waals surface area (Å²) in [7, 11) is 0. The standard InChI is InChI=1S/C17H13N5OS/c1-11-9-24-17(19-11)20-16(23)14-7-13(12-5-3-2-4-6-12)8-22-10-18-21-15(14)22/h2-10H,1H3,(H,19,20,23). The van der Waals surface area contributed by atoms with Crippen LogP contribution in [0.25, 0.3) is 16.8 Å². The zero-order valence-electron chi connectivity index (χ0n) is 12.8. The van der Waals surface area contributed by atoms with Crippen LogP contribution >= 0.6 is 11.3 Å². The molecule has 0 spiro atoms. The van der Waals surface area contributed by atoms with Gasteiger partial charge in [0.2, 0.25) is 0 Å². The molecule has 0 atom stereocenters. The van der Waals surface area contributed by atoms with E-state index in [1.54, 1.807) is 10.7 Å². The van der Waals surface area contributed by atoms with Crippen LogP contribution in [-0.2, 0) is 0 Å². The molecule has 0 radical (unpaired) electrons. The molecule has 7 heteroatoms. The van der Waals surface area contributed by atoms with Gasteiger partial charge in [-0.15, -0.1) is 21.5 Å². The molecule has 0 aliphatic carbocycles. The highest BCUT2D eigenvalue weighted by Crippen LogP contribution is 2.23. The molecule has 0 aliphatic rings. The summed E-state index contributed by atoms with van der Waals surface area (Å²) in [4.78, 5) is 17.0. The number of benzene rings is 1. The Balaban J connectivity index is 1.78. The number of hydrogen-bond donors (Lipinski definition) is 1. The molecule has 1 aromatic carbocycles. The first-order valence-corrected chi connectivity index (χ1v) is 8.21. The van der Waals surface area contributed by atoms with Gasteiger partial charge in [0.1, 0.15) is 6.33 Å². The van der Waals surface area contributed by atoms with Gasteiger partial charge in [-0.2, -0.15) is 0 Å². The van der Waals surface area contributed by atoms with Crippen LogP contribution in [0.15, 0.2) is 54.3 Å². The number of aryl methyl sites for hydroxylation is 1. The molecule has 0 unspecified atom stereocenters. The highest BCUT2D eigenvalue weighted by molar-refractivity contribution is 7.13. The molecule has 0 fully saturated rings. The van der Waals surface area contributed by atoms with Crippen molar-refractivity contribution in [1.82, 2.24) is 19.6 Å². The summed E-state index contributed by atoms with van der Waals surface area (Å²) in [5.41, 5.74) is 3.79. The first-order valence-electron chi connectivity index (χ1n) is 7.33. The summed E-state index contributed by atoms with van der Waals surface area (Å²) in [6.07, 6.45) is 3.50.